The van der Waals surface area contributed by atoms with Gasteiger partial charge in [0, 0.05) is 44.8 Å². The van der Waals surface area contributed by atoms with Crippen molar-refractivity contribution >= 4 is 23.2 Å². The van der Waals surface area contributed by atoms with Crippen molar-refractivity contribution in [1.82, 2.24) is 9.80 Å². The lowest BCUT2D eigenvalue weighted by molar-refractivity contribution is -0.144. The highest BCUT2D eigenvalue weighted by atomic mass is 32.1. The molecule has 142 valence electrons. The summed E-state index contributed by atoms with van der Waals surface area (Å²) in [6.07, 6.45) is 1.70. The molecule has 26 heavy (non-hydrogen) atoms. The second-order valence-corrected chi connectivity index (χ2v) is 8.50. The van der Waals surface area contributed by atoms with Crippen LogP contribution in [0.4, 0.5) is 0 Å². The Balaban J connectivity index is 1.57. The van der Waals surface area contributed by atoms with Gasteiger partial charge in [-0.3, -0.25) is 9.59 Å². The molecule has 0 radical (unpaired) electrons. The number of morpholine rings is 1. The first-order chi connectivity index (χ1) is 12.6. The van der Waals surface area contributed by atoms with Crippen LogP contribution in [0.2, 0.25) is 0 Å². The Bertz CT molecular complexity index is 677. The van der Waals surface area contributed by atoms with Gasteiger partial charge in [0.25, 0.3) is 5.91 Å². The maximum atomic E-state index is 13.3. The molecule has 0 saturated carbocycles. The minimum absolute atomic E-state index is 0.0700. The van der Waals surface area contributed by atoms with Crippen LogP contribution in [-0.4, -0.2) is 74.2 Å². The van der Waals surface area contributed by atoms with Crippen molar-refractivity contribution in [2.45, 2.75) is 19.8 Å². The van der Waals surface area contributed by atoms with Crippen molar-refractivity contribution < 1.29 is 19.1 Å². The molecule has 1 atom stereocenters. The second kappa shape index (κ2) is 7.29. The van der Waals surface area contributed by atoms with E-state index in [9.17, 15) is 9.59 Å². The number of ether oxygens (including phenoxy) is 2. The SMILES string of the molecule is Cc1ccsc1C(=O)N1C[C@H](C(=O)N2CCOCC2)C2(CCOCC2)C1. The summed E-state index contributed by atoms with van der Waals surface area (Å²) in [6, 6.07) is 1.98. The summed E-state index contributed by atoms with van der Waals surface area (Å²) in [5.74, 6) is 0.128. The molecule has 3 aliphatic rings. The quantitative estimate of drug-likeness (QED) is 0.787. The van der Waals surface area contributed by atoms with Gasteiger partial charge in [0.2, 0.25) is 5.91 Å². The highest BCUT2D eigenvalue weighted by molar-refractivity contribution is 7.12. The highest BCUT2D eigenvalue weighted by Crippen LogP contribution is 2.45. The van der Waals surface area contributed by atoms with Crippen molar-refractivity contribution in [3.8, 4) is 0 Å². The summed E-state index contributed by atoms with van der Waals surface area (Å²) >= 11 is 1.49. The number of rotatable bonds is 2. The molecule has 0 bridgehead atoms. The van der Waals surface area contributed by atoms with Crippen LogP contribution < -0.4 is 0 Å². The number of carbonyl (C=O) groups is 2. The number of nitrogens with zero attached hydrogens (tertiary/aromatic N) is 2. The molecule has 0 N–H and O–H groups in total. The van der Waals surface area contributed by atoms with Gasteiger partial charge in [-0.25, -0.2) is 0 Å². The van der Waals surface area contributed by atoms with Gasteiger partial charge in [0.05, 0.1) is 24.0 Å². The van der Waals surface area contributed by atoms with E-state index < -0.39 is 0 Å². The Labute approximate surface area is 158 Å². The van der Waals surface area contributed by atoms with Crippen LogP contribution in [0.15, 0.2) is 11.4 Å². The van der Waals surface area contributed by atoms with E-state index in [0.29, 0.717) is 52.6 Å². The Morgan fingerprint density at radius 3 is 2.46 bits per heavy atom. The summed E-state index contributed by atoms with van der Waals surface area (Å²) in [4.78, 5) is 31.0. The number of amides is 2. The van der Waals surface area contributed by atoms with E-state index in [1.54, 1.807) is 0 Å². The summed E-state index contributed by atoms with van der Waals surface area (Å²) in [7, 11) is 0. The van der Waals surface area contributed by atoms with E-state index in [1.165, 1.54) is 11.3 Å². The van der Waals surface area contributed by atoms with Gasteiger partial charge >= 0.3 is 0 Å². The zero-order chi connectivity index (χ0) is 18.1. The van der Waals surface area contributed by atoms with Crippen molar-refractivity contribution in [2.75, 3.05) is 52.6 Å². The van der Waals surface area contributed by atoms with E-state index in [1.807, 2.05) is 28.2 Å². The lowest BCUT2D eigenvalue weighted by Gasteiger charge is -2.39. The molecule has 3 saturated heterocycles. The second-order valence-electron chi connectivity index (χ2n) is 7.58. The van der Waals surface area contributed by atoms with Crippen LogP contribution in [0.1, 0.15) is 28.1 Å². The molecule has 0 aromatic carbocycles. The summed E-state index contributed by atoms with van der Waals surface area (Å²) in [6.45, 7) is 7.01. The van der Waals surface area contributed by atoms with E-state index in [0.717, 1.165) is 23.3 Å². The lowest BCUT2D eigenvalue weighted by atomic mass is 9.71. The number of hydrogen-bond acceptors (Lipinski definition) is 5. The molecule has 4 rings (SSSR count). The molecule has 3 fully saturated rings. The van der Waals surface area contributed by atoms with Crippen LogP contribution >= 0.6 is 11.3 Å². The van der Waals surface area contributed by atoms with E-state index >= 15 is 0 Å². The van der Waals surface area contributed by atoms with Gasteiger partial charge in [-0.1, -0.05) is 0 Å². The molecule has 1 spiro atoms. The normalized spacial score (nSPS) is 25.7. The van der Waals surface area contributed by atoms with Crippen molar-refractivity contribution in [3.63, 3.8) is 0 Å². The van der Waals surface area contributed by atoms with Crippen LogP contribution in [0.5, 0.6) is 0 Å². The molecule has 1 aromatic heterocycles. The fourth-order valence-electron chi connectivity index (χ4n) is 4.49. The summed E-state index contributed by atoms with van der Waals surface area (Å²) < 4.78 is 11.0. The van der Waals surface area contributed by atoms with Crippen LogP contribution in [0.3, 0.4) is 0 Å². The number of thiophene rings is 1. The minimum atomic E-state index is -0.144. The first kappa shape index (κ1) is 17.9. The fraction of sp³-hybridized carbons (Fsp3) is 0.684. The molecular weight excluding hydrogens is 352 g/mol. The standard InChI is InChI=1S/C19H26N2O4S/c1-14-2-11-26-16(14)18(23)21-12-15(17(22)20-5-9-25-10-6-20)19(13-21)3-7-24-8-4-19/h2,11,15H,3-10,12-13H2,1H3/t15-/m1/s1. The topological polar surface area (TPSA) is 59.1 Å². The average molecular weight is 378 g/mol. The summed E-state index contributed by atoms with van der Waals surface area (Å²) in [5.41, 5.74) is 0.873. The molecule has 4 heterocycles. The zero-order valence-electron chi connectivity index (χ0n) is 15.2. The fourth-order valence-corrected chi connectivity index (χ4v) is 5.38. The Morgan fingerprint density at radius 2 is 1.81 bits per heavy atom. The van der Waals surface area contributed by atoms with Crippen molar-refractivity contribution in [2.24, 2.45) is 11.3 Å². The number of likely N-dealkylation sites (tertiary alicyclic amines) is 1. The first-order valence-corrected chi connectivity index (χ1v) is 10.3. The van der Waals surface area contributed by atoms with E-state index in [-0.39, 0.29) is 23.1 Å². The largest absolute Gasteiger partial charge is 0.381 e. The first-order valence-electron chi connectivity index (χ1n) is 9.38. The van der Waals surface area contributed by atoms with E-state index in [4.69, 9.17) is 9.47 Å². The van der Waals surface area contributed by atoms with Gasteiger partial charge in [0.1, 0.15) is 0 Å². The van der Waals surface area contributed by atoms with Gasteiger partial charge in [-0.2, -0.15) is 0 Å². The third-order valence-electron chi connectivity index (χ3n) is 6.10. The molecule has 3 aliphatic heterocycles. The van der Waals surface area contributed by atoms with Crippen LogP contribution in [0.25, 0.3) is 0 Å². The maximum Gasteiger partial charge on any atom is 0.264 e. The van der Waals surface area contributed by atoms with Crippen LogP contribution in [-0.2, 0) is 14.3 Å². The Hall–Kier alpha value is -1.44. The molecule has 2 amide bonds. The minimum Gasteiger partial charge on any atom is -0.381 e. The highest BCUT2D eigenvalue weighted by Gasteiger charge is 2.53. The summed E-state index contributed by atoms with van der Waals surface area (Å²) in [5, 5.41) is 1.96. The van der Waals surface area contributed by atoms with Crippen molar-refractivity contribution in [3.05, 3.63) is 21.9 Å². The van der Waals surface area contributed by atoms with Crippen LogP contribution in [0, 0.1) is 18.3 Å². The predicted molar refractivity (Wildman–Crippen MR) is 98.3 cm³/mol. The Morgan fingerprint density at radius 1 is 1.12 bits per heavy atom. The van der Waals surface area contributed by atoms with Gasteiger partial charge in [-0.05, 0) is 36.8 Å². The number of hydrogen-bond donors (Lipinski definition) is 0. The maximum absolute atomic E-state index is 13.3. The third kappa shape index (κ3) is 3.17. The molecule has 0 unspecified atom stereocenters. The molecule has 1 aromatic rings. The number of carbonyl (C=O) groups excluding carboxylic acids is 2. The average Bonchev–Trinajstić information content (AvgIpc) is 3.26. The third-order valence-corrected chi connectivity index (χ3v) is 7.11. The molecule has 6 nitrogen and oxygen atoms in total. The predicted octanol–water partition coefficient (Wildman–Crippen LogP) is 1.78. The zero-order valence-corrected chi connectivity index (χ0v) is 16.1. The Kier molecular flexibility index (Phi) is 5.03. The van der Waals surface area contributed by atoms with Gasteiger partial charge in [-0.15, -0.1) is 11.3 Å². The van der Waals surface area contributed by atoms with E-state index in [2.05, 4.69) is 0 Å². The van der Waals surface area contributed by atoms with Gasteiger partial charge in [0.15, 0.2) is 0 Å². The smallest absolute Gasteiger partial charge is 0.264 e. The monoisotopic (exact) mass is 378 g/mol. The van der Waals surface area contributed by atoms with Gasteiger partial charge < -0.3 is 19.3 Å². The number of aryl methyl sites for hydroxylation is 1. The lowest BCUT2D eigenvalue weighted by Crippen LogP contribution is -2.49. The molecule has 7 heteroatoms. The molecular formula is C19H26N2O4S. The van der Waals surface area contributed by atoms with Crippen molar-refractivity contribution in [1.29, 1.82) is 0 Å². The molecule has 0 aliphatic carbocycles.